The number of carbonyl (C=O) groups is 1. The van der Waals surface area contributed by atoms with Crippen LogP contribution in [-0.4, -0.2) is 36.5 Å². The van der Waals surface area contributed by atoms with Crippen molar-refractivity contribution in [1.29, 1.82) is 0 Å². The molecule has 1 aromatic rings. The first kappa shape index (κ1) is 12.5. The molecule has 3 heteroatoms. The maximum absolute atomic E-state index is 11.7. The molecule has 0 saturated carbocycles. The fourth-order valence-electron chi connectivity index (χ4n) is 1.28. The van der Waals surface area contributed by atoms with Crippen molar-refractivity contribution in [3.05, 3.63) is 47.7 Å². The Morgan fingerprint density at radius 1 is 1.31 bits per heavy atom. The minimum atomic E-state index is -0.00996. The predicted octanol–water partition coefficient (Wildman–Crippen LogP) is 1.48. The monoisotopic (exact) mass is 219 g/mol. The van der Waals surface area contributed by atoms with Gasteiger partial charge >= 0.3 is 0 Å². The maximum Gasteiger partial charge on any atom is 0.187 e. The third-order valence-corrected chi connectivity index (χ3v) is 2.16. The average molecular weight is 219 g/mol. The van der Waals surface area contributed by atoms with Gasteiger partial charge in [-0.05, 0) is 12.0 Å². The van der Waals surface area contributed by atoms with Crippen LogP contribution in [0.4, 0.5) is 0 Å². The second-order valence-corrected chi connectivity index (χ2v) is 3.81. The van der Waals surface area contributed by atoms with E-state index < -0.39 is 0 Å². The Balaban J connectivity index is 2.70. The lowest BCUT2D eigenvalue weighted by Gasteiger charge is -2.03. The molecule has 3 nitrogen and oxygen atoms in total. The van der Waals surface area contributed by atoms with Gasteiger partial charge < -0.3 is 10.0 Å². The van der Waals surface area contributed by atoms with Crippen LogP contribution in [0.15, 0.2) is 36.5 Å². The van der Waals surface area contributed by atoms with E-state index in [0.717, 1.165) is 5.56 Å². The van der Waals surface area contributed by atoms with Crippen LogP contribution >= 0.6 is 0 Å². The van der Waals surface area contributed by atoms with E-state index in [9.17, 15) is 4.79 Å². The summed E-state index contributed by atoms with van der Waals surface area (Å²) in [4.78, 5) is 13.5. The summed E-state index contributed by atoms with van der Waals surface area (Å²) in [7, 11) is 3.74. The van der Waals surface area contributed by atoms with Gasteiger partial charge in [-0.25, -0.2) is 0 Å². The largest absolute Gasteiger partial charge is 0.396 e. The molecular formula is C13H17NO2. The van der Waals surface area contributed by atoms with Gasteiger partial charge in [-0.2, -0.15) is 0 Å². The summed E-state index contributed by atoms with van der Waals surface area (Å²) in [6, 6.07) is 7.31. The van der Waals surface area contributed by atoms with Crippen molar-refractivity contribution in [1.82, 2.24) is 4.90 Å². The second kappa shape index (κ2) is 6.08. The maximum atomic E-state index is 11.7. The highest BCUT2D eigenvalue weighted by Gasteiger charge is 2.01. The van der Waals surface area contributed by atoms with Gasteiger partial charge in [0.1, 0.15) is 0 Å². The normalized spacial score (nSPS) is 10.7. The number of ketones is 1. The number of aliphatic hydroxyl groups excluding tert-OH is 1. The van der Waals surface area contributed by atoms with Crippen molar-refractivity contribution in [2.45, 2.75) is 6.42 Å². The van der Waals surface area contributed by atoms with Crippen LogP contribution < -0.4 is 0 Å². The first-order chi connectivity index (χ1) is 7.63. The van der Waals surface area contributed by atoms with E-state index in [2.05, 4.69) is 0 Å². The first-order valence-electron chi connectivity index (χ1n) is 5.22. The van der Waals surface area contributed by atoms with Crippen molar-refractivity contribution in [3.8, 4) is 0 Å². The minimum absolute atomic E-state index is 0.00996. The van der Waals surface area contributed by atoms with E-state index in [-0.39, 0.29) is 12.4 Å². The average Bonchev–Trinajstić information content (AvgIpc) is 2.27. The minimum Gasteiger partial charge on any atom is -0.396 e. The zero-order valence-electron chi connectivity index (χ0n) is 9.68. The summed E-state index contributed by atoms with van der Waals surface area (Å²) in [6.07, 6.45) is 3.90. The summed E-state index contributed by atoms with van der Waals surface area (Å²) < 4.78 is 0. The molecule has 0 aromatic heterocycles. The lowest BCUT2D eigenvalue weighted by Crippen LogP contribution is -2.03. The third-order valence-electron chi connectivity index (χ3n) is 2.16. The predicted molar refractivity (Wildman–Crippen MR) is 64.4 cm³/mol. The Bertz CT molecular complexity index is 366. The fraction of sp³-hybridized carbons (Fsp3) is 0.308. The van der Waals surface area contributed by atoms with Gasteiger partial charge in [-0.15, -0.1) is 0 Å². The molecule has 0 aliphatic carbocycles. The van der Waals surface area contributed by atoms with Crippen molar-refractivity contribution < 1.29 is 9.90 Å². The lowest BCUT2D eigenvalue weighted by atomic mass is 10.1. The Morgan fingerprint density at radius 2 is 1.94 bits per heavy atom. The van der Waals surface area contributed by atoms with Gasteiger partial charge in [-0.1, -0.05) is 24.3 Å². The van der Waals surface area contributed by atoms with Gasteiger partial charge in [0.25, 0.3) is 0 Å². The Morgan fingerprint density at radius 3 is 2.44 bits per heavy atom. The number of nitrogens with zero attached hydrogens (tertiary/aromatic N) is 1. The van der Waals surface area contributed by atoms with E-state index in [1.165, 1.54) is 0 Å². The quantitative estimate of drug-likeness (QED) is 0.602. The Labute approximate surface area is 96.0 Å². The molecule has 1 N–H and O–H groups in total. The molecule has 0 spiro atoms. The van der Waals surface area contributed by atoms with Crippen molar-refractivity contribution in [2.75, 3.05) is 20.7 Å². The standard InChI is InChI=1S/C13H17NO2/c1-14(2)9-7-13(16)12-5-3-11(4-6-12)8-10-15/h3-7,9,15H,8,10H2,1-2H3/b9-7+. The number of rotatable bonds is 5. The highest BCUT2D eigenvalue weighted by Crippen LogP contribution is 2.06. The van der Waals surface area contributed by atoms with E-state index in [1.54, 1.807) is 24.4 Å². The van der Waals surface area contributed by atoms with E-state index in [0.29, 0.717) is 12.0 Å². The number of benzene rings is 1. The molecule has 0 amide bonds. The number of aliphatic hydroxyl groups is 1. The van der Waals surface area contributed by atoms with Crippen LogP contribution in [0.1, 0.15) is 15.9 Å². The summed E-state index contributed by atoms with van der Waals surface area (Å²) in [5.74, 6) is -0.00996. The first-order valence-corrected chi connectivity index (χ1v) is 5.22. The second-order valence-electron chi connectivity index (χ2n) is 3.81. The third kappa shape index (κ3) is 3.87. The Hall–Kier alpha value is -1.61. The fourth-order valence-corrected chi connectivity index (χ4v) is 1.28. The molecule has 0 fully saturated rings. The molecule has 0 aliphatic heterocycles. The number of hydrogen-bond donors (Lipinski definition) is 1. The summed E-state index contributed by atoms with van der Waals surface area (Å²) in [6.45, 7) is 0.133. The molecule has 16 heavy (non-hydrogen) atoms. The molecule has 0 radical (unpaired) electrons. The van der Waals surface area contributed by atoms with Gasteiger partial charge in [0.15, 0.2) is 5.78 Å². The van der Waals surface area contributed by atoms with Crippen LogP contribution in [0.25, 0.3) is 0 Å². The highest BCUT2D eigenvalue weighted by atomic mass is 16.2. The number of carbonyl (C=O) groups excluding carboxylic acids is 1. The van der Waals surface area contributed by atoms with E-state index >= 15 is 0 Å². The molecule has 0 heterocycles. The molecule has 0 saturated heterocycles. The van der Waals surface area contributed by atoms with E-state index in [4.69, 9.17) is 5.11 Å². The van der Waals surface area contributed by atoms with Crippen LogP contribution in [0.2, 0.25) is 0 Å². The zero-order valence-corrected chi connectivity index (χ0v) is 9.68. The molecule has 0 unspecified atom stereocenters. The number of hydrogen-bond acceptors (Lipinski definition) is 3. The summed E-state index contributed by atoms with van der Waals surface area (Å²) in [5.41, 5.74) is 1.70. The van der Waals surface area contributed by atoms with Crippen LogP contribution in [0, 0.1) is 0 Å². The summed E-state index contributed by atoms with van der Waals surface area (Å²) >= 11 is 0. The van der Waals surface area contributed by atoms with Gasteiger partial charge in [-0.3, -0.25) is 4.79 Å². The molecule has 86 valence electrons. The SMILES string of the molecule is CN(C)/C=C/C(=O)c1ccc(CCO)cc1. The topological polar surface area (TPSA) is 40.5 Å². The number of allylic oxidation sites excluding steroid dienone is 1. The molecule has 1 aromatic carbocycles. The molecule has 0 atom stereocenters. The van der Waals surface area contributed by atoms with Gasteiger partial charge in [0.2, 0.25) is 0 Å². The molecule has 1 rings (SSSR count). The molecule has 0 bridgehead atoms. The van der Waals surface area contributed by atoms with Crippen molar-refractivity contribution in [2.24, 2.45) is 0 Å². The molecular weight excluding hydrogens is 202 g/mol. The lowest BCUT2D eigenvalue weighted by molar-refractivity contribution is 0.104. The van der Waals surface area contributed by atoms with Crippen LogP contribution in [0.3, 0.4) is 0 Å². The highest BCUT2D eigenvalue weighted by molar-refractivity contribution is 6.04. The van der Waals surface area contributed by atoms with Gasteiger partial charge in [0.05, 0.1) is 0 Å². The smallest absolute Gasteiger partial charge is 0.187 e. The Kier molecular flexibility index (Phi) is 4.73. The van der Waals surface area contributed by atoms with Crippen molar-refractivity contribution >= 4 is 5.78 Å². The van der Waals surface area contributed by atoms with Gasteiger partial charge in [0, 0.05) is 38.5 Å². The zero-order chi connectivity index (χ0) is 12.0. The van der Waals surface area contributed by atoms with Crippen LogP contribution in [0.5, 0.6) is 0 Å². The van der Waals surface area contributed by atoms with Crippen LogP contribution in [-0.2, 0) is 6.42 Å². The molecule has 0 aliphatic rings. The van der Waals surface area contributed by atoms with E-state index in [1.807, 2.05) is 31.1 Å². The summed E-state index contributed by atoms with van der Waals surface area (Å²) in [5, 5.41) is 8.76. The van der Waals surface area contributed by atoms with Crippen molar-refractivity contribution in [3.63, 3.8) is 0 Å².